The summed E-state index contributed by atoms with van der Waals surface area (Å²) in [5, 5.41) is 10.4. The maximum absolute atomic E-state index is 12.1. The van der Waals surface area contributed by atoms with Crippen LogP contribution in [0.15, 0.2) is 18.2 Å². The molecule has 2 aliphatic rings. The maximum atomic E-state index is 12.1. The summed E-state index contributed by atoms with van der Waals surface area (Å²) in [6.07, 6.45) is 1.78. The molecule has 17 heavy (non-hydrogen) atoms. The Bertz CT molecular complexity index is 469. The number of hydrogen-bond acceptors (Lipinski definition) is 3. The molecule has 3 rings (SSSR count). The summed E-state index contributed by atoms with van der Waals surface area (Å²) in [6.45, 7) is 1.83. The second-order valence-electron chi connectivity index (χ2n) is 4.60. The second kappa shape index (κ2) is 3.89. The smallest absolute Gasteiger partial charge is 0.255 e. The summed E-state index contributed by atoms with van der Waals surface area (Å²) < 4.78 is 0. The molecule has 0 aliphatic carbocycles. The van der Waals surface area contributed by atoms with E-state index >= 15 is 0 Å². The fourth-order valence-corrected chi connectivity index (χ4v) is 2.66. The van der Waals surface area contributed by atoms with Gasteiger partial charge >= 0.3 is 0 Å². The highest BCUT2D eigenvalue weighted by atomic mass is 35.5. The Morgan fingerprint density at radius 1 is 1.18 bits per heavy atom. The summed E-state index contributed by atoms with van der Waals surface area (Å²) >= 11 is 5.90. The van der Waals surface area contributed by atoms with Crippen LogP contribution in [0.5, 0.6) is 0 Å². The minimum absolute atomic E-state index is 0.0387. The van der Waals surface area contributed by atoms with Gasteiger partial charge in [0.05, 0.1) is 5.56 Å². The van der Waals surface area contributed by atoms with Crippen molar-refractivity contribution < 1.29 is 4.79 Å². The van der Waals surface area contributed by atoms with Gasteiger partial charge in [0.25, 0.3) is 5.91 Å². The predicted molar refractivity (Wildman–Crippen MR) is 67.4 cm³/mol. The molecule has 0 aromatic heterocycles. The van der Waals surface area contributed by atoms with Gasteiger partial charge in [0.1, 0.15) is 5.66 Å². The highest BCUT2D eigenvalue weighted by molar-refractivity contribution is 6.31. The van der Waals surface area contributed by atoms with Crippen molar-refractivity contribution in [2.24, 2.45) is 0 Å². The van der Waals surface area contributed by atoms with Crippen molar-refractivity contribution >= 4 is 23.2 Å². The number of amides is 1. The van der Waals surface area contributed by atoms with Gasteiger partial charge in [0.15, 0.2) is 0 Å². The first-order valence-corrected chi connectivity index (χ1v) is 6.17. The van der Waals surface area contributed by atoms with Crippen LogP contribution in [0.3, 0.4) is 0 Å². The number of nitrogens with one attached hydrogen (secondary N) is 3. The van der Waals surface area contributed by atoms with Crippen molar-refractivity contribution in [2.75, 3.05) is 18.4 Å². The van der Waals surface area contributed by atoms with Gasteiger partial charge in [0.2, 0.25) is 0 Å². The van der Waals surface area contributed by atoms with Crippen molar-refractivity contribution in [3.8, 4) is 0 Å². The number of benzene rings is 1. The Morgan fingerprint density at radius 3 is 2.71 bits per heavy atom. The van der Waals surface area contributed by atoms with Gasteiger partial charge < -0.3 is 16.0 Å². The quantitative estimate of drug-likeness (QED) is 0.656. The highest BCUT2D eigenvalue weighted by Gasteiger charge is 2.38. The molecule has 90 valence electrons. The fourth-order valence-electron chi connectivity index (χ4n) is 2.49. The zero-order valence-electron chi connectivity index (χ0n) is 9.35. The zero-order valence-corrected chi connectivity index (χ0v) is 10.1. The first-order chi connectivity index (χ1) is 8.19. The lowest BCUT2D eigenvalue weighted by molar-refractivity contribution is 0.0881. The minimum Gasteiger partial charge on any atom is -0.362 e. The van der Waals surface area contributed by atoms with E-state index in [0.717, 1.165) is 31.6 Å². The Kier molecular flexibility index (Phi) is 2.49. The number of carbonyl (C=O) groups is 1. The van der Waals surface area contributed by atoms with Gasteiger partial charge in [0, 0.05) is 23.6 Å². The van der Waals surface area contributed by atoms with Crippen LogP contribution in [0.2, 0.25) is 5.02 Å². The average Bonchev–Trinajstić information content (AvgIpc) is 2.31. The summed E-state index contributed by atoms with van der Waals surface area (Å²) in [6, 6.07) is 5.38. The van der Waals surface area contributed by atoms with Gasteiger partial charge in [-0.15, -0.1) is 0 Å². The normalized spacial score (nSPS) is 21.6. The molecule has 4 nitrogen and oxygen atoms in total. The van der Waals surface area contributed by atoms with Crippen molar-refractivity contribution in [1.29, 1.82) is 0 Å². The van der Waals surface area contributed by atoms with Crippen LogP contribution in [-0.4, -0.2) is 24.7 Å². The van der Waals surface area contributed by atoms with E-state index in [1.165, 1.54) is 0 Å². The first-order valence-electron chi connectivity index (χ1n) is 5.80. The zero-order chi connectivity index (χ0) is 11.9. The van der Waals surface area contributed by atoms with Crippen LogP contribution < -0.4 is 16.0 Å². The van der Waals surface area contributed by atoms with Gasteiger partial charge in [-0.2, -0.15) is 0 Å². The second-order valence-corrected chi connectivity index (χ2v) is 5.04. The molecule has 0 bridgehead atoms. The maximum Gasteiger partial charge on any atom is 0.255 e. The summed E-state index contributed by atoms with van der Waals surface area (Å²) in [5.74, 6) is -0.0387. The lowest BCUT2D eigenvalue weighted by atomic mass is 9.93. The third-order valence-corrected chi connectivity index (χ3v) is 3.65. The third kappa shape index (κ3) is 1.87. The summed E-state index contributed by atoms with van der Waals surface area (Å²) in [7, 11) is 0. The van der Waals surface area contributed by atoms with Gasteiger partial charge in [-0.25, -0.2) is 0 Å². The monoisotopic (exact) mass is 251 g/mol. The molecule has 1 fully saturated rings. The van der Waals surface area contributed by atoms with E-state index in [9.17, 15) is 4.79 Å². The lowest BCUT2D eigenvalue weighted by Gasteiger charge is -2.43. The number of halogens is 1. The molecule has 0 unspecified atom stereocenters. The molecule has 0 saturated carbocycles. The SMILES string of the molecule is O=C1NC2(CCNCC2)Nc2ccc(Cl)cc21. The van der Waals surface area contributed by atoms with E-state index < -0.39 is 0 Å². The Balaban J connectivity index is 1.97. The highest BCUT2D eigenvalue weighted by Crippen LogP contribution is 2.31. The van der Waals surface area contributed by atoms with Crippen LogP contribution in [0.4, 0.5) is 5.69 Å². The van der Waals surface area contributed by atoms with Crippen molar-refractivity contribution in [1.82, 2.24) is 10.6 Å². The molecule has 1 aromatic rings. The predicted octanol–water partition coefficient (Wildman–Crippen LogP) is 1.57. The molecular formula is C12H14ClN3O. The largest absolute Gasteiger partial charge is 0.362 e. The molecular weight excluding hydrogens is 238 g/mol. The lowest BCUT2D eigenvalue weighted by Crippen LogP contribution is -2.61. The van der Waals surface area contributed by atoms with Crippen LogP contribution in [0.1, 0.15) is 23.2 Å². The third-order valence-electron chi connectivity index (χ3n) is 3.41. The molecule has 5 heteroatoms. The average molecular weight is 252 g/mol. The molecule has 0 atom stereocenters. The molecule has 0 radical (unpaired) electrons. The molecule has 1 saturated heterocycles. The summed E-state index contributed by atoms with van der Waals surface area (Å²) in [5.41, 5.74) is 1.21. The summed E-state index contributed by atoms with van der Waals surface area (Å²) in [4.78, 5) is 12.1. The van der Waals surface area contributed by atoms with Gasteiger partial charge in [-0.3, -0.25) is 4.79 Å². The number of anilines is 1. The van der Waals surface area contributed by atoms with Crippen molar-refractivity contribution in [2.45, 2.75) is 18.5 Å². The number of piperidine rings is 1. The number of hydrogen-bond donors (Lipinski definition) is 3. The van der Waals surface area contributed by atoms with E-state index in [2.05, 4.69) is 16.0 Å². The molecule has 1 amide bonds. The fraction of sp³-hybridized carbons (Fsp3) is 0.417. The van der Waals surface area contributed by atoms with Crippen LogP contribution >= 0.6 is 11.6 Å². The molecule has 2 heterocycles. The standard InChI is InChI=1S/C12H14ClN3O/c13-8-1-2-10-9(7-8)11(17)16-12(15-10)3-5-14-6-4-12/h1-2,7,14-15H,3-6H2,(H,16,17). The van der Waals surface area contributed by atoms with E-state index in [1.807, 2.05) is 6.07 Å². The van der Waals surface area contributed by atoms with Crippen molar-refractivity contribution in [3.63, 3.8) is 0 Å². The number of fused-ring (bicyclic) bond motifs is 1. The number of rotatable bonds is 0. The molecule has 2 aliphatic heterocycles. The van der Waals surface area contributed by atoms with E-state index in [0.29, 0.717) is 10.6 Å². The van der Waals surface area contributed by atoms with E-state index in [1.54, 1.807) is 12.1 Å². The van der Waals surface area contributed by atoms with Crippen molar-refractivity contribution in [3.05, 3.63) is 28.8 Å². The minimum atomic E-state index is -0.289. The first kappa shape index (κ1) is 10.9. The van der Waals surface area contributed by atoms with E-state index in [-0.39, 0.29) is 11.6 Å². The Hall–Kier alpha value is -1.26. The number of carbonyl (C=O) groups excluding carboxylic acids is 1. The molecule has 1 spiro atoms. The Morgan fingerprint density at radius 2 is 1.94 bits per heavy atom. The molecule has 1 aromatic carbocycles. The van der Waals surface area contributed by atoms with E-state index in [4.69, 9.17) is 11.6 Å². The van der Waals surface area contributed by atoms with Crippen LogP contribution in [0, 0.1) is 0 Å². The van der Waals surface area contributed by atoms with Gasteiger partial charge in [-0.05, 0) is 31.3 Å². The molecule has 3 N–H and O–H groups in total. The van der Waals surface area contributed by atoms with Crippen LogP contribution in [0.25, 0.3) is 0 Å². The Labute approximate surface area is 105 Å². The van der Waals surface area contributed by atoms with Crippen LogP contribution in [-0.2, 0) is 0 Å². The topological polar surface area (TPSA) is 53.2 Å². The van der Waals surface area contributed by atoms with Gasteiger partial charge in [-0.1, -0.05) is 11.6 Å².